The molecule has 1 aliphatic heterocycles. The molecule has 1 atom stereocenters. The van der Waals surface area contributed by atoms with Gasteiger partial charge < -0.3 is 10.1 Å². The van der Waals surface area contributed by atoms with E-state index in [9.17, 15) is 14.4 Å². The predicted molar refractivity (Wildman–Crippen MR) is 96.1 cm³/mol. The summed E-state index contributed by atoms with van der Waals surface area (Å²) in [6.45, 7) is 3.26. The number of imide groups is 1. The number of urea groups is 1. The summed E-state index contributed by atoms with van der Waals surface area (Å²) in [5.74, 6) is -0.0823. The number of ketones is 1. The van der Waals surface area contributed by atoms with Gasteiger partial charge in [-0.3, -0.25) is 14.5 Å². The lowest BCUT2D eigenvalue weighted by Gasteiger charge is -2.22. The number of benzene rings is 2. The lowest BCUT2D eigenvalue weighted by molar-refractivity contribution is -0.130. The molecule has 1 saturated heterocycles. The number of methoxy groups -OCH3 is 1. The summed E-state index contributed by atoms with van der Waals surface area (Å²) in [5, 5.41) is 2.69. The largest absolute Gasteiger partial charge is 0.497 e. The van der Waals surface area contributed by atoms with Crippen LogP contribution in [0.1, 0.15) is 28.4 Å². The average molecular weight is 352 g/mol. The summed E-state index contributed by atoms with van der Waals surface area (Å²) in [6.07, 6.45) is 0. The molecule has 0 spiro atoms. The highest BCUT2D eigenvalue weighted by atomic mass is 16.5. The summed E-state index contributed by atoms with van der Waals surface area (Å²) in [7, 11) is 1.55. The number of ether oxygens (including phenoxy) is 1. The van der Waals surface area contributed by atoms with Crippen molar-refractivity contribution in [3.63, 3.8) is 0 Å². The van der Waals surface area contributed by atoms with Gasteiger partial charge in [-0.25, -0.2) is 4.79 Å². The predicted octanol–water partition coefficient (Wildman–Crippen LogP) is 2.65. The molecule has 1 fully saturated rings. The van der Waals surface area contributed by atoms with Crippen molar-refractivity contribution in [2.45, 2.75) is 19.4 Å². The first kappa shape index (κ1) is 17.7. The number of nitrogens with one attached hydrogen (secondary N) is 1. The Balaban J connectivity index is 1.81. The zero-order valence-corrected chi connectivity index (χ0v) is 14.9. The third kappa shape index (κ3) is 3.06. The normalized spacial score (nSPS) is 19.4. The minimum absolute atomic E-state index is 0.285. The Morgan fingerprint density at radius 1 is 1.08 bits per heavy atom. The first-order valence-corrected chi connectivity index (χ1v) is 8.23. The number of aryl methyl sites for hydroxylation is 1. The van der Waals surface area contributed by atoms with Crippen molar-refractivity contribution < 1.29 is 19.1 Å². The van der Waals surface area contributed by atoms with Crippen LogP contribution in [-0.2, 0) is 10.3 Å². The van der Waals surface area contributed by atoms with Crippen molar-refractivity contribution in [2.24, 2.45) is 0 Å². The van der Waals surface area contributed by atoms with Crippen LogP contribution < -0.4 is 10.1 Å². The van der Waals surface area contributed by atoms with Gasteiger partial charge in [-0.15, -0.1) is 0 Å². The number of rotatable bonds is 5. The summed E-state index contributed by atoms with van der Waals surface area (Å²) >= 11 is 0. The molecule has 1 N–H and O–H groups in total. The number of hydrogen-bond acceptors (Lipinski definition) is 4. The molecular formula is C20H20N2O4. The summed E-state index contributed by atoms with van der Waals surface area (Å²) < 4.78 is 5.12. The lowest BCUT2D eigenvalue weighted by Crippen LogP contribution is -2.41. The molecule has 0 saturated carbocycles. The topological polar surface area (TPSA) is 75.7 Å². The van der Waals surface area contributed by atoms with Crippen molar-refractivity contribution in [1.29, 1.82) is 0 Å². The molecule has 134 valence electrons. The molecule has 2 aromatic carbocycles. The number of hydrogen-bond donors (Lipinski definition) is 1. The standard InChI is InChI=1S/C20H20N2O4/c1-13-4-6-14(7-5-13)17(23)12-22-18(24)20(2,21-19(22)25)15-8-10-16(26-3)11-9-15/h4-11H,12H2,1-3H3,(H,21,25)/t20-/m0/s1. The first-order chi connectivity index (χ1) is 12.3. The Morgan fingerprint density at radius 3 is 2.27 bits per heavy atom. The minimum Gasteiger partial charge on any atom is -0.497 e. The maximum Gasteiger partial charge on any atom is 0.325 e. The van der Waals surface area contributed by atoms with Crippen molar-refractivity contribution in [2.75, 3.05) is 13.7 Å². The minimum atomic E-state index is -1.21. The van der Waals surface area contributed by atoms with E-state index in [2.05, 4.69) is 5.32 Å². The molecule has 0 unspecified atom stereocenters. The summed E-state index contributed by atoms with van der Waals surface area (Å²) in [6, 6.07) is 13.3. The van der Waals surface area contributed by atoms with Crippen LogP contribution in [-0.4, -0.2) is 36.3 Å². The lowest BCUT2D eigenvalue weighted by atomic mass is 9.92. The van der Waals surface area contributed by atoms with Crippen LogP contribution >= 0.6 is 0 Å². The highest BCUT2D eigenvalue weighted by Gasteiger charge is 2.49. The van der Waals surface area contributed by atoms with Gasteiger partial charge in [0.05, 0.1) is 13.7 Å². The van der Waals surface area contributed by atoms with Crippen LogP contribution in [0, 0.1) is 6.92 Å². The first-order valence-electron chi connectivity index (χ1n) is 8.23. The SMILES string of the molecule is COc1ccc([C@]2(C)NC(=O)N(CC(=O)c3ccc(C)cc3)C2=O)cc1. The molecule has 26 heavy (non-hydrogen) atoms. The smallest absolute Gasteiger partial charge is 0.325 e. The Bertz CT molecular complexity index is 858. The molecule has 6 heteroatoms. The average Bonchev–Trinajstić information content (AvgIpc) is 2.86. The summed E-state index contributed by atoms with van der Waals surface area (Å²) in [4.78, 5) is 38.6. The number of nitrogens with zero attached hydrogens (tertiary/aromatic N) is 1. The van der Waals surface area contributed by atoms with Gasteiger partial charge in [-0.05, 0) is 31.5 Å². The van der Waals surface area contributed by atoms with E-state index in [0.29, 0.717) is 16.9 Å². The highest BCUT2D eigenvalue weighted by molar-refractivity contribution is 6.11. The van der Waals surface area contributed by atoms with Crippen molar-refractivity contribution >= 4 is 17.7 Å². The molecule has 0 bridgehead atoms. The second-order valence-electron chi connectivity index (χ2n) is 6.46. The van der Waals surface area contributed by atoms with E-state index in [1.165, 1.54) is 0 Å². The van der Waals surface area contributed by atoms with E-state index in [0.717, 1.165) is 10.5 Å². The molecule has 2 aromatic rings. The van der Waals surface area contributed by atoms with E-state index < -0.39 is 17.5 Å². The van der Waals surface area contributed by atoms with Gasteiger partial charge in [0.1, 0.15) is 11.3 Å². The Morgan fingerprint density at radius 2 is 1.69 bits per heavy atom. The number of carbonyl (C=O) groups is 3. The van der Waals surface area contributed by atoms with Crippen LogP contribution in [0.2, 0.25) is 0 Å². The quantitative estimate of drug-likeness (QED) is 0.663. The molecule has 3 rings (SSSR count). The Labute approximate surface area is 151 Å². The van der Waals surface area contributed by atoms with E-state index in [-0.39, 0.29) is 12.3 Å². The Kier molecular flexibility index (Phi) is 4.50. The van der Waals surface area contributed by atoms with Crippen molar-refractivity contribution in [1.82, 2.24) is 10.2 Å². The number of carbonyl (C=O) groups excluding carboxylic acids is 3. The van der Waals surface area contributed by atoms with Gasteiger partial charge >= 0.3 is 6.03 Å². The zero-order valence-electron chi connectivity index (χ0n) is 14.9. The fraction of sp³-hybridized carbons (Fsp3) is 0.250. The number of Topliss-reactive ketones (excluding diaryl/α,β-unsaturated/α-hetero) is 1. The van der Waals surface area contributed by atoms with Gasteiger partial charge in [0.2, 0.25) is 0 Å². The van der Waals surface area contributed by atoms with Crippen LogP contribution in [0.25, 0.3) is 0 Å². The Hall–Kier alpha value is -3.15. The third-order valence-corrected chi connectivity index (χ3v) is 4.62. The molecule has 1 heterocycles. The zero-order chi connectivity index (χ0) is 18.9. The maximum absolute atomic E-state index is 12.9. The van der Waals surface area contributed by atoms with E-state index >= 15 is 0 Å². The van der Waals surface area contributed by atoms with Gasteiger partial charge in [0.25, 0.3) is 5.91 Å². The maximum atomic E-state index is 12.9. The van der Waals surface area contributed by atoms with Crippen molar-refractivity contribution in [3.05, 3.63) is 65.2 Å². The van der Waals surface area contributed by atoms with Crippen molar-refractivity contribution in [3.8, 4) is 5.75 Å². The fourth-order valence-electron chi connectivity index (χ4n) is 2.93. The number of amides is 3. The highest BCUT2D eigenvalue weighted by Crippen LogP contribution is 2.30. The molecule has 0 aromatic heterocycles. The van der Waals surface area contributed by atoms with Crippen LogP contribution in [0.15, 0.2) is 48.5 Å². The van der Waals surface area contributed by atoms with E-state index in [4.69, 9.17) is 4.74 Å². The fourth-order valence-corrected chi connectivity index (χ4v) is 2.93. The van der Waals surface area contributed by atoms with Gasteiger partial charge in [0, 0.05) is 5.56 Å². The van der Waals surface area contributed by atoms with Crippen LogP contribution in [0.4, 0.5) is 4.79 Å². The summed E-state index contributed by atoms with van der Waals surface area (Å²) in [5.41, 5.74) is 0.913. The molecule has 6 nitrogen and oxygen atoms in total. The second kappa shape index (κ2) is 6.63. The molecule has 0 radical (unpaired) electrons. The molecule has 3 amide bonds. The molecule has 1 aliphatic rings. The molecule has 0 aliphatic carbocycles. The van der Waals surface area contributed by atoms with Gasteiger partial charge in [0.15, 0.2) is 5.78 Å². The van der Waals surface area contributed by atoms with Crippen LogP contribution in [0.3, 0.4) is 0 Å². The van der Waals surface area contributed by atoms with Gasteiger partial charge in [-0.1, -0.05) is 42.0 Å². The van der Waals surface area contributed by atoms with E-state index in [1.807, 2.05) is 19.1 Å². The van der Waals surface area contributed by atoms with E-state index in [1.54, 1.807) is 50.4 Å². The monoisotopic (exact) mass is 352 g/mol. The van der Waals surface area contributed by atoms with Gasteiger partial charge in [-0.2, -0.15) is 0 Å². The second-order valence-corrected chi connectivity index (χ2v) is 6.46. The third-order valence-electron chi connectivity index (χ3n) is 4.62. The van der Waals surface area contributed by atoms with Crippen LogP contribution in [0.5, 0.6) is 5.75 Å². The molecular weight excluding hydrogens is 332 g/mol.